The highest BCUT2D eigenvalue weighted by molar-refractivity contribution is 5.82. The minimum atomic E-state index is -0.874. The second-order valence-corrected chi connectivity index (χ2v) is 6.32. The number of hydrogen-bond acceptors (Lipinski definition) is 5. The Morgan fingerprint density at radius 2 is 1.79 bits per heavy atom. The minimum Gasteiger partial charge on any atom is -0.479 e. The van der Waals surface area contributed by atoms with Crippen LogP contribution >= 0.6 is 0 Å². The van der Waals surface area contributed by atoms with E-state index in [4.69, 9.17) is 14.7 Å². The van der Waals surface area contributed by atoms with Crippen LogP contribution in [-0.4, -0.2) is 24.6 Å². The number of benzene rings is 2. The van der Waals surface area contributed by atoms with Crippen LogP contribution in [0.1, 0.15) is 43.9 Å². The standard InChI is InChI=1S/C22H24N2O4/c1-3-7-20(18-8-5-4-6-9-18)24-21(25)15-27-22(26)16(2)28-19-12-10-17(14-23)11-13-19/h4-6,8-13,16,20H,3,7,15H2,1-2H3,(H,24,25)/t16-,20+/m0/s1. The van der Waals surface area contributed by atoms with Crippen molar-refractivity contribution in [2.45, 2.75) is 38.8 Å². The highest BCUT2D eigenvalue weighted by atomic mass is 16.6. The number of esters is 1. The van der Waals surface area contributed by atoms with E-state index in [0.717, 1.165) is 18.4 Å². The average molecular weight is 380 g/mol. The second kappa shape index (κ2) is 10.7. The summed E-state index contributed by atoms with van der Waals surface area (Å²) in [6, 6.07) is 18.0. The Hall–Kier alpha value is -3.33. The molecular weight excluding hydrogens is 356 g/mol. The first-order valence-corrected chi connectivity index (χ1v) is 9.21. The highest BCUT2D eigenvalue weighted by Gasteiger charge is 2.19. The molecule has 0 saturated heterocycles. The fourth-order valence-corrected chi connectivity index (χ4v) is 2.65. The number of rotatable bonds is 9. The molecule has 0 fully saturated rings. The van der Waals surface area contributed by atoms with Crippen molar-refractivity contribution in [3.05, 3.63) is 65.7 Å². The summed E-state index contributed by atoms with van der Waals surface area (Å²) in [5, 5.41) is 11.7. The fraction of sp³-hybridized carbons (Fsp3) is 0.318. The molecule has 0 spiro atoms. The van der Waals surface area contributed by atoms with Gasteiger partial charge in [0.25, 0.3) is 5.91 Å². The summed E-state index contributed by atoms with van der Waals surface area (Å²) in [6.07, 6.45) is 0.832. The lowest BCUT2D eigenvalue weighted by Gasteiger charge is -2.19. The van der Waals surface area contributed by atoms with Crippen molar-refractivity contribution in [2.24, 2.45) is 0 Å². The molecular formula is C22H24N2O4. The van der Waals surface area contributed by atoms with Gasteiger partial charge in [-0.15, -0.1) is 0 Å². The average Bonchev–Trinajstić information content (AvgIpc) is 2.72. The molecule has 2 aromatic rings. The Morgan fingerprint density at radius 1 is 1.11 bits per heavy atom. The van der Waals surface area contributed by atoms with Gasteiger partial charge in [-0.1, -0.05) is 43.7 Å². The van der Waals surface area contributed by atoms with Crippen LogP contribution in [0.2, 0.25) is 0 Å². The molecule has 0 heterocycles. The summed E-state index contributed by atoms with van der Waals surface area (Å²) in [5.74, 6) is -0.549. The summed E-state index contributed by atoms with van der Waals surface area (Å²) in [7, 11) is 0. The van der Waals surface area contributed by atoms with E-state index in [1.807, 2.05) is 43.3 Å². The quantitative estimate of drug-likeness (QED) is 0.673. The zero-order chi connectivity index (χ0) is 20.4. The molecule has 1 amide bonds. The molecule has 0 aliphatic heterocycles. The van der Waals surface area contributed by atoms with Crippen LogP contribution in [0.3, 0.4) is 0 Å². The van der Waals surface area contributed by atoms with Crippen LogP contribution in [0.4, 0.5) is 0 Å². The maximum absolute atomic E-state index is 12.2. The Bertz CT molecular complexity index is 813. The van der Waals surface area contributed by atoms with Crippen LogP contribution in [0.15, 0.2) is 54.6 Å². The van der Waals surface area contributed by atoms with E-state index in [0.29, 0.717) is 11.3 Å². The van der Waals surface area contributed by atoms with Gasteiger partial charge in [0.05, 0.1) is 17.7 Å². The Kier molecular flexibility index (Phi) is 8.04. The molecule has 6 heteroatoms. The van der Waals surface area contributed by atoms with Crippen LogP contribution in [0, 0.1) is 11.3 Å². The Balaban J connectivity index is 1.83. The van der Waals surface area contributed by atoms with Gasteiger partial charge in [0.1, 0.15) is 5.75 Å². The zero-order valence-electron chi connectivity index (χ0n) is 16.1. The molecule has 0 radical (unpaired) electrons. The van der Waals surface area contributed by atoms with E-state index in [2.05, 4.69) is 5.32 Å². The third-order valence-electron chi connectivity index (χ3n) is 4.09. The molecule has 28 heavy (non-hydrogen) atoms. The second-order valence-electron chi connectivity index (χ2n) is 6.32. The topological polar surface area (TPSA) is 88.4 Å². The highest BCUT2D eigenvalue weighted by Crippen LogP contribution is 2.18. The largest absolute Gasteiger partial charge is 0.479 e. The van der Waals surface area contributed by atoms with E-state index in [-0.39, 0.29) is 18.6 Å². The lowest BCUT2D eigenvalue weighted by molar-refractivity contribution is -0.154. The van der Waals surface area contributed by atoms with Crippen molar-refractivity contribution in [3.8, 4) is 11.8 Å². The maximum atomic E-state index is 12.2. The number of ether oxygens (including phenoxy) is 2. The monoisotopic (exact) mass is 380 g/mol. The smallest absolute Gasteiger partial charge is 0.347 e. The number of nitrogens with one attached hydrogen (secondary N) is 1. The lowest BCUT2D eigenvalue weighted by atomic mass is 10.0. The molecule has 0 aliphatic rings. The van der Waals surface area contributed by atoms with E-state index < -0.39 is 12.1 Å². The first-order chi connectivity index (χ1) is 13.5. The summed E-state index contributed by atoms with van der Waals surface area (Å²) in [6.45, 7) is 3.22. The van der Waals surface area contributed by atoms with Crippen molar-refractivity contribution < 1.29 is 19.1 Å². The van der Waals surface area contributed by atoms with Gasteiger partial charge in [-0.2, -0.15) is 5.26 Å². The molecule has 2 rings (SSSR count). The molecule has 0 aromatic heterocycles. The molecule has 0 saturated carbocycles. The maximum Gasteiger partial charge on any atom is 0.347 e. The molecule has 146 valence electrons. The van der Waals surface area contributed by atoms with Crippen molar-refractivity contribution in [2.75, 3.05) is 6.61 Å². The van der Waals surface area contributed by atoms with Gasteiger partial charge < -0.3 is 14.8 Å². The number of carbonyl (C=O) groups is 2. The zero-order valence-corrected chi connectivity index (χ0v) is 16.1. The summed E-state index contributed by atoms with van der Waals surface area (Å²) >= 11 is 0. The van der Waals surface area contributed by atoms with E-state index in [9.17, 15) is 9.59 Å². The predicted molar refractivity (Wildman–Crippen MR) is 104 cm³/mol. The lowest BCUT2D eigenvalue weighted by Crippen LogP contribution is -2.35. The first kappa shape index (κ1) is 21.0. The minimum absolute atomic E-state index is 0.121. The van der Waals surface area contributed by atoms with Crippen LogP contribution in [0.5, 0.6) is 5.75 Å². The molecule has 2 aromatic carbocycles. The number of hydrogen-bond donors (Lipinski definition) is 1. The number of nitriles is 1. The van der Waals surface area contributed by atoms with Crippen molar-refractivity contribution >= 4 is 11.9 Å². The number of amides is 1. The molecule has 6 nitrogen and oxygen atoms in total. The summed E-state index contributed by atoms with van der Waals surface area (Å²) in [4.78, 5) is 24.3. The first-order valence-electron chi connectivity index (χ1n) is 9.21. The van der Waals surface area contributed by atoms with E-state index >= 15 is 0 Å². The van der Waals surface area contributed by atoms with Gasteiger partial charge in [-0.05, 0) is 43.2 Å². The van der Waals surface area contributed by atoms with Gasteiger partial charge in [0.2, 0.25) is 0 Å². The Labute approximate surface area is 165 Å². The van der Waals surface area contributed by atoms with Crippen molar-refractivity contribution in [3.63, 3.8) is 0 Å². The summed E-state index contributed by atoms with van der Waals surface area (Å²) in [5.41, 5.74) is 1.51. The molecule has 0 bridgehead atoms. The van der Waals surface area contributed by atoms with Gasteiger partial charge in [0, 0.05) is 0 Å². The number of carbonyl (C=O) groups excluding carboxylic acids is 2. The molecule has 0 aliphatic carbocycles. The predicted octanol–water partition coefficient (Wildman–Crippen LogP) is 3.53. The van der Waals surface area contributed by atoms with Crippen molar-refractivity contribution in [1.82, 2.24) is 5.32 Å². The third-order valence-corrected chi connectivity index (χ3v) is 4.09. The Morgan fingerprint density at radius 3 is 2.39 bits per heavy atom. The van der Waals surface area contributed by atoms with Crippen LogP contribution in [-0.2, 0) is 14.3 Å². The van der Waals surface area contributed by atoms with Gasteiger partial charge in [0.15, 0.2) is 12.7 Å². The van der Waals surface area contributed by atoms with Crippen LogP contribution < -0.4 is 10.1 Å². The summed E-state index contributed by atoms with van der Waals surface area (Å²) < 4.78 is 10.6. The van der Waals surface area contributed by atoms with E-state index in [1.54, 1.807) is 31.2 Å². The molecule has 1 N–H and O–H groups in total. The van der Waals surface area contributed by atoms with E-state index in [1.165, 1.54) is 0 Å². The van der Waals surface area contributed by atoms with Gasteiger partial charge in [-0.3, -0.25) is 4.79 Å². The SMILES string of the molecule is CCC[C@@H](NC(=O)COC(=O)[C@H](C)Oc1ccc(C#N)cc1)c1ccccc1. The number of nitrogens with zero attached hydrogens (tertiary/aromatic N) is 1. The fourth-order valence-electron chi connectivity index (χ4n) is 2.65. The molecule has 0 unspecified atom stereocenters. The van der Waals surface area contributed by atoms with Crippen molar-refractivity contribution in [1.29, 1.82) is 5.26 Å². The van der Waals surface area contributed by atoms with Gasteiger partial charge in [-0.25, -0.2) is 4.79 Å². The van der Waals surface area contributed by atoms with Crippen LogP contribution in [0.25, 0.3) is 0 Å². The van der Waals surface area contributed by atoms with Gasteiger partial charge >= 0.3 is 5.97 Å². The third kappa shape index (κ3) is 6.44. The molecule has 2 atom stereocenters. The normalized spacial score (nSPS) is 12.3.